The monoisotopic (exact) mass is 478 g/mol. The zero-order chi connectivity index (χ0) is 25.9. The fourth-order valence-corrected chi connectivity index (χ4v) is 2.39. The standard InChI is InChI=1S/C17H26N4O12/c1-6(22)13(21-14(29)7(18)4-11(25)26)16(31)19-8(2-3-10(23)24)15(30)20-9(17(32)33)5-12(27)28/h6-9,13,22H,2-5,18H2,1H3,(H,19,31)(H,20,30)(H,21,29)(H,23,24)(H,25,26)(H,27,28)(H,32,33)/t6-,7+,8+,9+,13+/m1/s1. The number of aliphatic hydroxyl groups excluding tert-OH is 1. The summed E-state index contributed by atoms with van der Waals surface area (Å²) in [6.45, 7) is 1.08. The first-order chi connectivity index (χ1) is 15.1. The summed E-state index contributed by atoms with van der Waals surface area (Å²) < 4.78 is 0. The number of carbonyl (C=O) groups excluding carboxylic acids is 3. The number of nitrogens with one attached hydrogen (secondary N) is 3. The fraction of sp³-hybridized carbons (Fsp3) is 0.588. The normalized spacial score (nSPS) is 15.1. The van der Waals surface area contributed by atoms with Crippen LogP contribution < -0.4 is 21.7 Å². The summed E-state index contributed by atoms with van der Waals surface area (Å²) in [6, 6.07) is -6.89. The Kier molecular flexibility index (Phi) is 12.0. The van der Waals surface area contributed by atoms with E-state index in [0.717, 1.165) is 6.92 Å². The summed E-state index contributed by atoms with van der Waals surface area (Å²) in [5.74, 6) is -9.57. The molecule has 3 amide bonds. The van der Waals surface area contributed by atoms with Crippen LogP contribution >= 0.6 is 0 Å². The average Bonchev–Trinajstić information content (AvgIpc) is 2.66. The van der Waals surface area contributed by atoms with Crippen molar-refractivity contribution in [3.05, 3.63) is 0 Å². The van der Waals surface area contributed by atoms with Gasteiger partial charge in [-0.3, -0.25) is 28.8 Å². The summed E-state index contributed by atoms with van der Waals surface area (Å²) in [4.78, 5) is 80.4. The average molecular weight is 478 g/mol. The fourth-order valence-electron chi connectivity index (χ4n) is 2.39. The van der Waals surface area contributed by atoms with Crippen LogP contribution in [0.4, 0.5) is 0 Å². The highest BCUT2D eigenvalue weighted by Crippen LogP contribution is 2.04. The van der Waals surface area contributed by atoms with Crippen LogP contribution in [0.1, 0.15) is 32.6 Å². The Labute approximate surface area is 186 Å². The molecule has 0 aliphatic rings. The van der Waals surface area contributed by atoms with Crippen molar-refractivity contribution in [2.75, 3.05) is 0 Å². The molecule has 186 valence electrons. The molecule has 0 fully saturated rings. The number of carbonyl (C=O) groups is 7. The van der Waals surface area contributed by atoms with Gasteiger partial charge in [-0.25, -0.2) is 4.79 Å². The maximum Gasteiger partial charge on any atom is 0.326 e. The predicted molar refractivity (Wildman–Crippen MR) is 104 cm³/mol. The Bertz CT molecular complexity index is 784. The topological polar surface area (TPSA) is 283 Å². The van der Waals surface area contributed by atoms with Gasteiger partial charge in [0.15, 0.2) is 0 Å². The Morgan fingerprint density at radius 2 is 1.24 bits per heavy atom. The largest absolute Gasteiger partial charge is 0.481 e. The van der Waals surface area contributed by atoms with Crippen LogP contribution in [0.2, 0.25) is 0 Å². The number of amides is 3. The van der Waals surface area contributed by atoms with Crippen molar-refractivity contribution < 1.29 is 59.1 Å². The molecule has 5 atom stereocenters. The van der Waals surface area contributed by atoms with Gasteiger partial charge in [-0.2, -0.15) is 0 Å². The van der Waals surface area contributed by atoms with Gasteiger partial charge in [0.05, 0.1) is 25.0 Å². The number of nitrogens with two attached hydrogens (primary N) is 1. The second kappa shape index (κ2) is 13.6. The zero-order valence-corrected chi connectivity index (χ0v) is 17.4. The number of carboxylic acids is 4. The minimum atomic E-state index is -1.89. The highest BCUT2D eigenvalue weighted by atomic mass is 16.4. The second-order valence-corrected chi connectivity index (χ2v) is 6.92. The Morgan fingerprint density at radius 3 is 1.67 bits per heavy atom. The Balaban J connectivity index is 5.53. The molecule has 0 aliphatic carbocycles. The molecule has 0 saturated heterocycles. The number of aliphatic carboxylic acids is 4. The van der Waals surface area contributed by atoms with E-state index in [0.29, 0.717) is 0 Å². The lowest BCUT2D eigenvalue weighted by Crippen LogP contribution is -2.60. The van der Waals surface area contributed by atoms with Crippen molar-refractivity contribution in [1.29, 1.82) is 0 Å². The van der Waals surface area contributed by atoms with Crippen molar-refractivity contribution in [2.24, 2.45) is 5.73 Å². The van der Waals surface area contributed by atoms with E-state index in [1.807, 2.05) is 16.0 Å². The maximum absolute atomic E-state index is 12.5. The van der Waals surface area contributed by atoms with Gasteiger partial charge in [-0.05, 0) is 13.3 Å². The third kappa shape index (κ3) is 11.4. The molecule has 16 heteroatoms. The second-order valence-electron chi connectivity index (χ2n) is 6.92. The molecule has 0 spiro atoms. The minimum Gasteiger partial charge on any atom is -0.481 e. The van der Waals surface area contributed by atoms with E-state index in [4.69, 9.17) is 26.2 Å². The Morgan fingerprint density at radius 1 is 0.727 bits per heavy atom. The molecule has 0 unspecified atom stereocenters. The van der Waals surface area contributed by atoms with Crippen LogP contribution in [0.3, 0.4) is 0 Å². The molecule has 0 aliphatic heterocycles. The van der Waals surface area contributed by atoms with Crippen molar-refractivity contribution >= 4 is 41.6 Å². The number of hydrogen-bond donors (Lipinski definition) is 9. The number of carboxylic acid groups (broad SMARTS) is 4. The van der Waals surface area contributed by atoms with E-state index >= 15 is 0 Å². The summed E-state index contributed by atoms with van der Waals surface area (Å²) in [6.07, 6.45) is -4.58. The summed E-state index contributed by atoms with van der Waals surface area (Å²) in [7, 11) is 0. The summed E-state index contributed by atoms with van der Waals surface area (Å²) in [5.41, 5.74) is 5.38. The lowest BCUT2D eigenvalue weighted by atomic mass is 10.1. The van der Waals surface area contributed by atoms with Crippen molar-refractivity contribution in [3.63, 3.8) is 0 Å². The molecule has 0 aromatic carbocycles. The first-order valence-corrected chi connectivity index (χ1v) is 9.38. The molecule has 0 rings (SSSR count). The SMILES string of the molecule is C[C@@H](O)[C@H](NC(=O)[C@@H](N)CC(=O)O)C(=O)N[C@@H](CCC(=O)O)C(=O)N[C@@H](CC(=O)O)C(=O)O. The van der Waals surface area contributed by atoms with E-state index in [1.165, 1.54) is 0 Å². The van der Waals surface area contributed by atoms with E-state index in [2.05, 4.69) is 0 Å². The first kappa shape index (κ1) is 29.2. The van der Waals surface area contributed by atoms with Gasteiger partial charge < -0.3 is 47.2 Å². The zero-order valence-electron chi connectivity index (χ0n) is 17.4. The van der Waals surface area contributed by atoms with E-state index in [1.54, 1.807) is 0 Å². The summed E-state index contributed by atoms with van der Waals surface area (Å²) in [5, 5.41) is 51.0. The molecular formula is C17H26N4O12. The number of hydrogen-bond acceptors (Lipinski definition) is 9. The molecule has 10 N–H and O–H groups in total. The van der Waals surface area contributed by atoms with Crippen LogP contribution in [-0.2, 0) is 33.6 Å². The van der Waals surface area contributed by atoms with Crippen LogP contribution in [0.15, 0.2) is 0 Å². The third-order valence-electron chi connectivity index (χ3n) is 4.07. The highest BCUT2D eigenvalue weighted by molar-refractivity contribution is 5.95. The van der Waals surface area contributed by atoms with Gasteiger partial charge in [-0.1, -0.05) is 0 Å². The smallest absolute Gasteiger partial charge is 0.326 e. The van der Waals surface area contributed by atoms with Gasteiger partial charge in [0, 0.05) is 6.42 Å². The first-order valence-electron chi connectivity index (χ1n) is 9.38. The van der Waals surface area contributed by atoms with Gasteiger partial charge in [0.1, 0.15) is 18.1 Å². The van der Waals surface area contributed by atoms with Crippen LogP contribution in [-0.4, -0.2) is 97.4 Å². The van der Waals surface area contributed by atoms with Gasteiger partial charge >= 0.3 is 23.9 Å². The predicted octanol–water partition coefficient (Wildman–Crippen LogP) is -3.95. The van der Waals surface area contributed by atoms with Gasteiger partial charge in [0.25, 0.3) is 0 Å². The van der Waals surface area contributed by atoms with Crippen molar-refractivity contribution in [2.45, 2.75) is 62.9 Å². The maximum atomic E-state index is 12.5. The van der Waals surface area contributed by atoms with E-state index < -0.39 is 97.6 Å². The molecule has 0 bridgehead atoms. The molecule has 0 heterocycles. The van der Waals surface area contributed by atoms with Gasteiger partial charge in [0.2, 0.25) is 17.7 Å². The molecule has 16 nitrogen and oxygen atoms in total. The molecule has 0 aromatic rings. The van der Waals surface area contributed by atoms with E-state index in [9.17, 15) is 38.7 Å². The van der Waals surface area contributed by atoms with Crippen LogP contribution in [0.25, 0.3) is 0 Å². The third-order valence-corrected chi connectivity index (χ3v) is 4.07. The molecule has 33 heavy (non-hydrogen) atoms. The number of aliphatic hydroxyl groups is 1. The molecule has 0 radical (unpaired) electrons. The quantitative estimate of drug-likeness (QED) is 0.109. The highest BCUT2D eigenvalue weighted by Gasteiger charge is 2.33. The minimum absolute atomic E-state index is 0.550. The van der Waals surface area contributed by atoms with Gasteiger partial charge in [-0.15, -0.1) is 0 Å². The molecule has 0 aromatic heterocycles. The van der Waals surface area contributed by atoms with Crippen molar-refractivity contribution in [3.8, 4) is 0 Å². The molecular weight excluding hydrogens is 452 g/mol. The lowest BCUT2D eigenvalue weighted by Gasteiger charge is -2.26. The lowest BCUT2D eigenvalue weighted by molar-refractivity contribution is -0.147. The molecule has 0 saturated carbocycles. The van der Waals surface area contributed by atoms with Crippen LogP contribution in [0, 0.1) is 0 Å². The van der Waals surface area contributed by atoms with Crippen molar-refractivity contribution in [1.82, 2.24) is 16.0 Å². The van der Waals surface area contributed by atoms with Crippen LogP contribution in [0.5, 0.6) is 0 Å². The van der Waals surface area contributed by atoms with E-state index in [-0.39, 0.29) is 0 Å². The summed E-state index contributed by atoms with van der Waals surface area (Å²) >= 11 is 0. The Hall–Kier alpha value is -3.79. The number of rotatable bonds is 15.